The van der Waals surface area contributed by atoms with Crippen molar-refractivity contribution in [1.29, 1.82) is 0 Å². The number of carbonyl (C=O) groups excluding carboxylic acids is 2. The van der Waals surface area contributed by atoms with Crippen molar-refractivity contribution in [3.05, 3.63) is 59.7 Å². The standard InChI is InChI=1S/C26H30N2O6S/c1-28(26(24(30)31)12-13-33-16-26)23(29)22(11-14-35-2)27-25(32)34-15-21-19-9-5-3-7-17(19)18-8-4-6-10-20(18)21/h3-10,21-22H,11-16H2,1-2H3,(H,27,32)(H,30,31)/t22-,26?/m0/s1. The molecule has 2 aliphatic rings. The molecular weight excluding hydrogens is 468 g/mol. The number of carbonyl (C=O) groups is 3. The van der Waals surface area contributed by atoms with Crippen LogP contribution in [0.3, 0.4) is 0 Å². The highest BCUT2D eigenvalue weighted by atomic mass is 32.2. The van der Waals surface area contributed by atoms with Crippen molar-refractivity contribution in [3.8, 4) is 11.1 Å². The highest BCUT2D eigenvalue weighted by Gasteiger charge is 2.49. The van der Waals surface area contributed by atoms with Gasteiger partial charge in [-0.15, -0.1) is 0 Å². The van der Waals surface area contributed by atoms with Crippen molar-refractivity contribution in [3.63, 3.8) is 0 Å². The molecule has 1 saturated heterocycles. The topological polar surface area (TPSA) is 105 Å². The minimum absolute atomic E-state index is 0.0786. The molecule has 1 aliphatic heterocycles. The Kier molecular flexibility index (Phi) is 7.66. The van der Waals surface area contributed by atoms with Gasteiger partial charge in [-0.2, -0.15) is 11.8 Å². The molecule has 0 bridgehead atoms. The van der Waals surface area contributed by atoms with Crippen LogP contribution in [0.4, 0.5) is 4.79 Å². The third-order valence-corrected chi connectivity index (χ3v) is 7.56. The second kappa shape index (κ2) is 10.7. The maximum atomic E-state index is 13.3. The molecule has 186 valence electrons. The van der Waals surface area contributed by atoms with E-state index in [4.69, 9.17) is 9.47 Å². The first kappa shape index (κ1) is 25.1. The second-order valence-corrected chi connectivity index (χ2v) is 9.83. The molecule has 4 rings (SSSR count). The summed E-state index contributed by atoms with van der Waals surface area (Å²) in [7, 11) is 1.45. The van der Waals surface area contributed by atoms with Gasteiger partial charge in [-0.3, -0.25) is 4.79 Å². The quantitative estimate of drug-likeness (QED) is 0.546. The van der Waals surface area contributed by atoms with Crippen LogP contribution in [0.5, 0.6) is 0 Å². The lowest BCUT2D eigenvalue weighted by Gasteiger charge is -2.35. The minimum atomic E-state index is -1.43. The number of fused-ring (bicyclic) bond motifs is 3. The van der Waals surface area contributed by atoms with Crippen LogP contribution in [-0.4, -0.2) is 78.4 Å². The van der Waals surface area contributed by atoms with Crippen LogP contribution < -0.4 is 5.32 Å². The normalized spacial score (nSPS) is 19.5. The molecule has 1 unspecified atom stereocenters. The number of hydrogen-bond acceptors (Lipinski definition) is 6. The van der Waals surface area contributed by atoms with Gasteiger partial charge in [-0.05, 0) is 40.7 Å². The van der Waals surface area contributed by atoms with Gasteiger partial charge in [-0.25, -0.2) is 9.59 Å². The van der Waals surface area contributed by atoms with E-state index in [1.165, 1.54) is 23.7 Å². The Morgan fingerprint density at radius 1 is 1.17 bits per heavy atom. The second-order valence-electron chi connectivity index (χ2n) is 8.84. The number of ether oxygens (including phenoxy) is 2. The van der Waals surface area contributed by atoms with Gasteiger partial charge in [0.25, 0.3) is 0 Å². The summed E-state index contributed by atoms with van der Waals surface area (Å²) in [4.78, 5) is 39.3. The van der Waals surface area contributed by atoms with E-state index in [0.717, 1.165) is 22.3 Å². The van der Waals surface area contributed by atoms with Crippen LogP contribution >= 0.6 is 11.8 Å². The number of carboxylic acids is 1. The van der Waals surface area contributed by atoms with E-state index in [1.807, 2.05) is 42.7 Å². The number of benzene rings is 2. The Bertz CT molecular complexity index is 1060. The smallest absolute Gasteiger partial charge is 0.407 e. The molecule has 2 aromatic carbocycles. The predicted octanol–water partition coefficient (Wildman–Crippen LogP) is 3.35. The summed E-state index contributed by atoms with van der Waals surface area (Å²) in [6.45, 7) is 0.315. The largest absolute Gasteiger partial charge is 0.479 e. The van der Waals surface area contributed by atoms with Crippen molar-refractivity contribution in [1.82, 2.24) is 10.2 Å². The number of nitrogens with zero attached hydrogens (tertiary/aromatic N) is 1. The number of aliphatic carboxylic acids is 1. The lowest BCUT2D eigenvalue weighted by Crippen LogP contribution is -2.60. The van der Waals surface area contributed by atoms with Crippen LogP contribution in [0, 0.1) is 0 Å². The lowest BCUT2D eigenvalue weighted by molar-refractivity contribution is -0.158. The Balaban J connectivity index is 1.45. The summed E-state index contributed by atoms with van der Waals surface area (Å²) in [5.74, 6) is -1.07. The van der Waals surface area contributed by atoms with E-state index in [-0.39, 0.29) is 32.2 Å². The maximum Gasteiger partial charge on any atom is 0.407 e. The molecule has 0 spiro atoms. The molecule has 9 heteroatoms. The Hall–Kier alpha value is -3.04. The molecule has 2 atom stereocenters. The number of thioether (sulfide) groups is 1. The first-order valence-corrected chi connectivity index (χ1v) is 13.0. The van der Waals surface area contributed by atoms with Crippen LogP contribution in [0.15, 0.2) is 48.5 Å². The fraction of sp³-hybridized carbons (Fsp3) is 0.423. The van der Waals surface area contributed by atoms with E-state index < -0.39 is 29.6 Å². The highest BCUT2D eigenvalue weighted by molar-refractivity contribution is 7.98. The summed E-state index contributed by atoms with van der Waals surface area (Å²) in [6, 6.07) is 15.2. The summed E-state index contributed by atoms with van der Waals surface area (Å²) in [5.41, 5.74) is 3.02. The van der Waals surface area contributed by atoms with Gasteiger partial charge in [0.05, 0.1) is 6.61 Å². The van der Waals surface area contributed by atoms with E-state index in [9.17, 15) is 19.5 Å². The molecule has 1 fully saturated rings. The molecule has 8 nitrogen and oxygen atoms in total. The van der Waals surface area contributed by atoms with Gasteiger partial charge in [0.1, 0.15) is 12.6 Å². The minimum Gasteiger partial charge on any atom is -0.479 e. The first-order valence-electron chi connectivity index (χ1n) is 11.6. The number of alkyl carbamates (subject to hydrolysis) is 1. The van der Waals surface area contributed by atoms with Gasteiger partial charge >= 0.3 is 12.1 Å². The third-order valence-electron chi connectivity index (χ3n) is 6.92. The molecule has 2 amide bonds. The van der Waals surface area contributed by atoms with Crippen LogP contribution in [0.1, 0.15) is 29.9 Å². The van der Waals surface area contributed by atoms with Crippen LogP contribution in [0.25, 0.3) is 11.1 Å². The van der Waals surface area contributed by atoms with Gasteiger partial charge in [0.15, 0.2) is 5.54 Å². The monoisotopic (exact) mass is 498 g/mol. The summed E-state index contributed by atoms with van der Waals surface area (Å²) >= 11 is 1.54. The number of carboxylic acid groups (broad SMARTS) is 1. The van der Waals surface area contributed by atoms with Crippen molar-refractivity contribution >= 4 is 29.7 Å². The first-order chi connectivity index (χ1) is 16.9. The van der Waals surface area contributed by atoms with Gasteiger partial charge < -0.3 is 24.8 Å². The lowest BCUT2D eigenvalue weighted by atomic mass is 9.95. The van der Waals surface area contributed by atoms with E-state index in [0.29, 0.717) is 12.2 Å². The molecule has 0 radical (unpaired) electrons. The Labute approximate surface area is 209 Å². The average Bonchev–Trinajstić information content (AvgIpc) is 3.49. The van der Waals surface area contributed by atoms with Gasteiger partial charge in [0.2, 0.25) is 5.91 Å². The molecule has 0 saturated carbocycles. The van der Waals surface area contributed by atoms with E-state index in [1.54, 1.807) is 0 Å². The Morgan fingerprint density at radius 3 is 2.34 bits per heavy atom. The molecule has 35 heavy (non-hydrogen) atoms. The van der Waals surface area contributed by atoms with Crippen molar-refractivity contribution in [2.24, 2.45) is 0 Å². The van der Waals surface area contributed by atoms with E-state index >= 15 is 0 Å². The number of amides is 2. The zero-order valence-corrected chi connectivity index (χ0v) is 20.7. The fourth-order valence-corrected chi connectivity index (χ4v) is 5.32. The van der Waals surface area contributed by atoms with Crippen molar-refractivity contribution in [2.75, 3.05) is 38.9 Å². The molecule has 2 N–H and O–H groups in total. The van der Waals surface area contributed by atoms with Gasteiger partial charge in [-0.1, -0.05) is 48.5 Å². The van der Waals surface area contributed by atoms with Crippen LogP contribution in [-0.2, 0) is 19.1 Å². The summed E-state index contributed by atoms with van der Waals surface area (Å²) in [5, 5.41) is 12.5. The highest BCUT2D eigenvalue weighted by Crippen LogP contribution is 2.44. The zero-order valence-electron chi connectivity index (χ0n) is 19.9. The fourth-order valence-electron chi connectivity index (χ4n) is 4.85. The number of rotatable bonds is 9. The van der Waals surface area contributed by atoms with Gasteiger partial charge in [0, 0.05) is 26.0 Å². The Morgan fingerprint density at radius 2 is 1.80 bits per heavy atom. The third kappa shape index (κ3) is 4.88. The molecule has 1 heterocycles. The molecule has 1 aliphatic carbocycles. The SMILES string of the molecule is CSCC[C@H](NC(=O)OCC1c2ccccc2-c2ccccc21)C(=O)N(C)C1(C(=O)O)CCOC1. The number of hydrogen-bond donors (Lipinski definition) is 2. The van der Waals surface area contributed by atoms with E-state index in [2.05, 4.69) is 17.4 Å². The molecular formula is C26H30N2O6S. The zero-order chi connectivity index (χ0) is 25.0. The predicted molar refractivity (Wildman–Crippen MR) is 134 cm³/mol. The number of likely N-dealkylation sites (N-methyl/N-ethyl adjacent to an activating group) is 1. The summed E-state index contributed by atoms with van der Waals surface area (Å²) in [6.07, 6.45) is 1.75. The number of nitrogens with one attached hydrogen (secondary N) is 1. The summed E-state index contributed by atoms with van der Waals surface area (Å²) < 4.78 is 10.9. The van der Waals surface area contributed by atoms with Crippen molar-refractivity contribution in [2.45, 2.75) is 30.3 Å². The van der Waals surface area contributed by atoms with Crippen LogP contribution in [0.2, 0.25) is 0 Å². The molecule has 0 aromatic heterocycles. The molecule has 2 aromatic rings. The maximum absolute atomic E-state index is 13.3. The van der Waals surface area contributed by atoms with Crippen molar-refractivity contribution < 1.29 is 29.0 Å². The average molecular weight is 499 g/mol.